The molecule has 0 atom stereocenters. The average Bonchev–Trinajstić information content (AvgIpc) is 1.78. The number of nitrogens with zero attached hydrogens (tertiary/aromatic N) is 1. The normalized spacial score (nSPS) is 23.7. The highest BCUT2D eigenvalue weighted by Crippen LogP contribution is 2.28. The van der Waals surface area contributed by atoms with E-state index in [4.69, 9.17) is 0 Å². The van der Waals surface area contributed by atoms with Crippen molar-refractivity contribution in [1.82, 2.24) is 4.90 Å². The summed E-state index contributed by atoms with van der Waals surface area (Å²) < 4.78 is 24.5. The molecule has 1 saturated heterocycles. The summed E-state index contributed by atoms with van der Waals surface area (Å²) in [6, 6.07) is 0. The molecule has 1 heterocycles. The van der Waals surface area contributed by atoms with Crippen LogP contribution in [0.4, 0.5) is 8.78 Å². The van der Waals surface area contributed by atoms with Crippen LogP contribution in [0.1, 0.15) is 13.8 Å². The minimum absolute atomic E-state index is 0.0489. The lowest BCUT2D eigenvalue weighted by atomic mass is 10.2. The molecule has 1 aliphatic heterocycles. The Bertz CT molecular complexity index is 130. The van der Waals surface area contributed by atoms with E-state index in [0.29, 0.717) is 5.25 Å². The van der Waals surface area contributed by atoms with Crippen molar-refractivity contribution in [2.75, 3.05) is 19.0 Å². The number of hydrogen-bond acceptors (Lipinski definition) is 2. The fourth-order valence-electron chi connectivity index (χ4n) is 0.954. The van der Waals surface area contributed by atoms with Gasteiger partial charge in [0.1, 0.15) is 0 Å². The molecule has 0 aromatic rings. The fourth-order valence-corrected chi connectivity index (χ4v) is 1.65. The molecule has 0 aromatic carbocycles. The van der Waals surface area contributed by atoms with Crippen LogP contribution in [0.3, 0.4) is 0 Å². The minimum Gasteiger partial charge on any atom is -0.282 e. The monoisotopic (exact) mass is 181 g/mol. The standard InChI is InChI=1S/C7H13F2NS/c1-6(2)11-5-10-3-7(8,9)4-10/h6H,3-5H2,1-2H3. The lowest BCUT2D eigenvalue weighted by Crippen LogP contribution is -2.55. The van der Waals surface area contributed by atoms with E-state index in [0.717, 1.165) is 5.88 Å². The van der Waals surface area contributed by atoms with Crippen LogP contribution in [0, 0.1) is 0 Å². The number of thioether (sulfide) groups is 1. The molecule has 0 bridgehead atoms. The topological polar surface area (TPSA) is 3.24 Å². The molecule has 0 radical (unpaired) electrons. The second-order valence-electron chi connectivity index (χ2n) is 3.19. The van der Waals surface area contributed by atoms with Crippen molar-refractivity contribution in [3.63, 3.8) is 0 Å². The van der Waals surface area contributed by atoms with Gasteiger partial charge in [0, 0.05) is 11.1 Å². The number of likely N-dealkylation sites (tertiary alicyclic amines) is 1. The smallest absolute Gasteiger partial charge is 0.273 e. The van der Waals surface area contributed by atoms with Gasteiger partial charge in [0.25, 0.3) is 5.92 Å². The Morgan fingerprint density at radius 3 is 2.36 bits per heavy atom. The second kappa shape index (κ2) is 3.27. The summed E-state index contributed by atoms with van der Waals surface area (Å²) in [6.07, 6.45) is 0. The van der Waals surface area contributed by atoms with E-state index in [9.17, 15) is 8.78 Å². The maximum atomic E-state index is 12.3. The van der Waals surface area contributed by atoms with Crippen molar-refractivity contribution in [1.29, 1.82) is 0 Å². The van der Waals surface area contributed by atoms with E-state index in [-0.39, 0.29) is 13.1 Å². The summed E-state index contributed by atoms with van der Waals surface area (Å²) in [7, 11) is 0. The minimum atomic E-state index is -2.41. The Morgan fingerprint density at radius 2 is 2.00 bits per heavy atom. The molecule has 1 nitrogen and oxygen atoms in total. The van der Waals surface area contributed by atoms with Crippen LogP contribution in [0.15, 0.2) is 0 Å². The molecule has 0 saturated carbocycles. The summed E-state index contributed by atoms with van der Waals surface area (Å²) in [5, 5.41) is 0.532. The summed E-state index contributed by atoms with van der Waals surface area (Å²) in [5.41, 5.74) is 0. The van der Waals surface area contributed by atoms with Crippen molar-refractivity contribution in [3.05, 3.63) is 0 Å². The third kappa shape index (κ3) is 2.95. The van der Waals surface area contributed by atoms with Gasteiger partial charge >= 0.3 is 0 Å². The molecule has 1 aliphatic rings. The molecule has 0 N–H and O–H groups in total. The van der Waals surface area contributed by atoms with E-state index in [1.807, 2.05) is 0 Å². The third-order valence-electron chi connectivity index (χ3n) is 1.50. The summed E-state index contributed by atoms with van der Waals surface area (Å²) in [4.78, 5) is 1.77. The quantitative estimate of drug-likeness (QED) is 0.655. The van der Waals surface area contributed by atoms with E-state index in [1.54, 1.807) is 16.7 Å². The van der Waals surface area contributed by atoms with Gasteiger partial charge in [0.05, 0.1) is 13.1 Å². The molecule has 0 unspecified atom stereocenters. The lowest BCUT2D eigenvalue weighted by Gasteiger charge is -2.38. The zero-order valence-electron chi connectivity index (χ0n) is 6.81. The Hall–Kier alpha value is 0.170. The Morgan fingerprint density at radius 1 is 1.45 bits per heavy atom. The van der Waals surface area contributed by atoms with Crippen LogP contribution < -0.4 is 0 Å². The summed E-state index contributed by atoms with van der Waals surface area (Å²) in [6.45, 7) is 4.05. The highest BCUT2D eigenvalue weighted by molar-refractivity contribution is 7.99. The average molecular weight is 181 g/mol. The number of hydrogen-bond donors (Lipinski definition) is 0. The summed E-state index contributed by atoms with van der Waals surface area (Å²) >= 11 is 1.71. The molecule has 4 heteroatoms. The SMILES string of the molecule is CC(C)SCN1CC(F)(F)C1. The molecule has 0 aromatic heterocycles. The lowest BCUT2D eigenvalue weighted by molar-refractivity contribution is -0.122. The van der Waals surface area contributed by atoms with Gasteiger partial charge in [-0.25, -0.2) is 8.78 Å². The Kier molecular flexibility index (Phi) is 2.75. The molecule has 0 aliphatic carbocycles. The number of halogens is 2. The van der Waals surface area contributed by atoms with Crippen molar-refractivity contribution in [3.8, 4) is 0 Å². The highest BCUT2D eigenvalue weighted by atomic mass is 32.2. The fraction of sp³-hybridized carbons (Fsp3) is 1.00. The van der Waals surface area contributed by atoms with Gasteiger partial charge < -0.3 is 0 Å². The Labute approximate surface area is 70.1 Å². The molecule has 11 heavy (non-hydrogen) atoms. The van der Waals surface area contributed by atoms with Gasteiger partial charge in [-0.3, -0.25) is 4.90 Å². The third-order valence-corrected chi connectivity index (χ3v) is 2.68. The van der Waals surface area contributed by atoms with Crippen molar-refractivity contribution < 1.29 is 8.78 Å². The van der Waals surface area contributed by atoms with Gasteiger partial charge in [0.15, 0.2) is 0 Å². The molecule has 0 amide bonds. The zero-order valence-corrected chi connectivity index (χ0v) is 7.63. The van der Waals surface area contributed by atoms with Crippen molar-refractivity contribution in [2.45, 2.75) is 25.0 Å². The first-order valence-corrected chi connectivity index (χ1v) is 4.76. The first-order chi connectivity index (χ1) is 4.99. The molecule has 1 fully saturated rings. The molecular formula is C7H13F2NS. The second-order valence-corrected chi connectivity index (χ2v) is 4.72. The van der Waals surface area contributed by atoms with Crippen LogP contribution in [0.25, 0.3) is 0 Å². The number of rotatable bonds is 3. The van der Waals surface area contributed by atoms with Gasteiger partial charge in [-0.2, -0.15) is 0 Å². The van der Waals surface area contributed by atoms with Crippen LogP contribution in [-0.2, 0) is 0 Å². The first-order valence-electron chi connectivity index (χ1n) is 3.71. The molecule has 0 spiro atoms. The van der Waals surface area contributed by atoms with E-state index >= 15 is 0 Å². The van der Waals surface area contributed by atoms with Gasteiger partial charge in [0.2, 0.25) is 0 Å². The predicted molar refractivity (Wildman–Crippen MR) is 44.1 cm³/mol. The van der Waals surface area contributed by atoms with Crippen molar-refractivity contribution in [2.24, 2.45) is 0 Å². The van der Waals surface area contributed by atoms with Crippen LogP contribution in [0.5, 0.6) is 0 Å². The molecule has 1 rings (SSSR count). The van der Waals surface area contributed by atoms with Gasteiger partial charge in [-0.05, 0) is 0 Å². The molecular weight excluding hydrogens is 168 g/mol. The molecule has 66 valence electrons. The van der Waals surface area contributed by atoms with Crippen LogP contribution in [-0.4, -0.2) is 35.0 Å². The Balaban J connectivity index is 2.05. The van der Waals surface area contributed by atoms with Gasteiger partial charge in [-0.15, -0.1) is 11.8 Å². The predicted octanol–water partition coefficient (Wildman–Crippen LogP) is 2.04. The maximum Gasteiger partial charge on any atom is 0.273 e. The van der Waals surface area contributed by atoms with E-state index in [1.165, 1.54) is 0 Å². The first kappa shape index (κ1) is 9.26. The van der Waals surface area contributed by atoms with Gasteiger partial charge in [-0.1, -0.05) is 13.8 Å². The van der Waals surface area contributed by atoms with Crippen molar-refractivity contribution >= 4 is 11.8 Å². The number of alkyl halides is 2. The van der Waals surface area contributed by atoms with E-state index in [2.05, 4.69) is 13.8 Å². The van der Waals surface area contributed by atoms with E-state index < -0.39 is 5.92 Å². The maximum absolute atomic E-state index is 12.3. The van der Waals surface area contributed by atoms with Crippen LogP contribution in [0.2, 0.25) is 0 Å². The zero-order chi connectivity index (χ0) is 8.48. The highest BCUT2D eigenvalue weighted by Gasteiger charge is 2.43. The summed E-state index contributed by atoms with van der Waals surface area (Å²) in [5.74, 6) is -1.66. The largest absolute Gasteiger partial charge is 0.282 e. The van der Waals surface area contributed by atoms with Crippen LogP contribution >= 0.6 is 11.8 Å².